The molecule has 3 heteroatoms. The first-order valence-corrected chi connectivity index (χ1v) is 4.40. The molecule has 0 aliphatic heterocycles. The van der Waals surface area contributed by atoms with E-state index in [1.54, 1.807) is 0 Å². The van der Waals surface area contributed by atoms with Crippen LogP contribution >= 0.6 is 0 Å². The number of rotatable bonds is 4. The van der Waals surface area contributed by atoms with Crippen LogP contribution in [-0.4, -0.2) is 17.8 Å². The molecule has 0 saturated heterocycles. The van der Waals surface area contributed by atoms with Crippen LogP contribution in [-0.2, 0) is 13.0 Å². The van der Waals surface area contributed by atoms with Gasteiger partial charge in [0.05, 0.1) is 6.61 Å². The molecule has 3 nitrogen and oxygen atoms in total. The number of aliphatic hydroxyl groups excluding tert-OH is 1. The first-order valence-electron chi connectivity index (χ1n) is 4.40. The van der Waals surface area contributed by atoms with Crippen LogP contribution in [0.3, 0.4) is 0 Å². The van der Waals surface area contributed by atoms with Gasteiger partial charge in [-0.2, -0.15) is 0 Å². The molecule has 0 fully saturated rings. The highest BCUT2D eigenvalue weighted by Crippen LogP contribution is 2.05. The van der Waals surface area contributed by atoms with Crippen molar-refractivity contribution in [3.63, 3.8) is 0 Å². The largest absolute Gasteiger partial charge is 0.395 e. The van der Waals surface area contributed by atoms with E-state index in [9.17, 15) is 0 Å². The number of benzene rings is 1. The number of hydrogen-bond donors (Lipinski definition) is 3. The molecule has 1 aromatic carbocycles. The van der Waals surface area contributed by atoms with Gasteiger partial charge in [0.2, 0.25) is 0 Å². The average molecular weight is 180 g/mol. The van der Waals surface area contributed by atoms with Crippen LogP contribution in [0.4, 0.5) is 0 Å². The number of aliphatic hydroxyl groups is 1. The summed E-state index contributed by atoms with van der Waals surface area (Å²) in [5, 5.41) is 8.75. The minimum atomic E-state index is -0.163. The third-order valence-corrected chi connectivity index (χ3v) is 1.99. The Morgan fingerprint density at radius 2 is 1.69 bits per heavy atom. The van der Waals surface area contributed by atoms with Crippen molar-refractivity contribution in [3.05, 3.63) is 35.4 Å². The first-order chi connectivity index (χ1) is 6.26. The van der Waals surface area contributed by atoms with Crippen molar-refractivity contribution in [2.45, 2.75) is 19.0 Å². The molecule has 72 valence electrons. The standard InChI is InChI=1S/C10H16N2O/c11-6-9-3-1-8(2-4-9)5-10(12)7-13/h1-4,10,13H,5-7,11-12H2/t10-/m1/s1. The summed E-state index contributed by atoms with van der Waals surface area (Å²) in [6.45, 7) is 0.588. The zero-order valence-electron chi connectivity index (χ0n) is 7.61. The summed E-state index contributed by atoms with van der Waals surface area (Å²) in [7, 11) is 0. The molecule has 0 aliphatic carbocycles. The molecule has 0 aliphatic rings. The van der Waals surface area contributed by atoms with Gasteiger partial charge in [0.1, 0.15) is 0 Å². The van der Waals surface area contributed by atoms with Crippen molar-refractivity contribution in [3.8, 4) is 0 Å². The van der Waals surface area contributed by atoms with Crippen LogP contribution in [0.15, 0.2) is 24.3 Å². The van der Waals surface area contributed by atoms with Gasteiger partial charge in [0.15, 0.2) is 0 Å². The molecule has 0 bridgehead atoms. The van der Waals surface area contributed by atoms with Crippen molar-refractivity contribution < 1.29 is 5.11 Å². The molecule has 0 unspecified atom stereocenters. The van der Waals surface area contributed by atoms with Gasteiger partial charge in [-0.05, 0) is 17.5 Å². The lowest BCUT2D eigenvalue weighted by molar-refractivity contribution is 0.265. The maximum Gasteiger partial charge on any atom is 0.0585 e. The third kappa shape index (κ3) is 3.14. The first kappa shape index (κ1) is 10.2. The average Bonchev–Trinajstić information content (AvgIpc) is 2.19. The number of nitrogens with two attached hydrogens (primary N) is 2. The summed E-state index contributed by atoms with van der Waals surface area (Å²) in [6.07, 6.45) is 0.710. The monoisotopic (exact) mass is 180 g/mol. The lowest BCUT2D eigenvalue weighted by Gasteiger charge is -2.07. The molecule has 0 amide bonds. The Morgan fingerprint density at radius 1 is 1.15 bits per heavy atom. The van der Waals surface area contributed by atoms with E-state index in [0.717, 1.165) is 11.1 Å². The summed E-state index contributed by atoms with van der Waals surface area (Å²) >= 11 is 0. The van der Waals surface area contributed by atoms with Gasteiger partial charge in [-0.25, -0.2) is 0 Å². The smallest absolute Gasteiger partial charge is 0.0585 e. The third-order valence-electron chi connectivity index (χ3n) is 1.99. The van der Waals surface area contributed by atoms with E-state index in [1.807, 2.05) is 24.3 Å². The summed E-state index contributed by atoms with van der Waals surface area (Å²) in [6, 6.07) is 7.80. The Bertz CT molecular complexity index is 246. The lowest BCUT2D eigenvalue weighted by atomic mass is 10.1. The van der Waals surface area contributed by atoms with Crippen LogP contribution in [0.25, 0.3) is 0 Å². The van der Waals surface area contributed by atoms with Crippen LogP contribution in [0.2, 0.25) is 0 Å². The van der Waals surface area contributed by atoms with Crippen molar-refractivity contribution in [2.75, 3.05) is 6.61 Å². The van der Waals surface area contributed by atoms with E-state index in [4.69, 9.17) is 16.6 Å². The van der Waals surface area contributed by atoms with Crippen molar-refractivity contribution in [1.82, 2.24) is 0 Å². The van der Waals surface area contributed by atoms with E-state index in [2.05, 4.69) is 0 Å². The van der Waals surface area contributed by atoms with Crippen molar-refractivity contribution in [2.24, 2.45) is 11.5 Å². The van der Waals surface area contributed by atoms with Gasteiger partial charge in [-0.15, -0.1) is 0 Å². The van der Waals surface area contributed by atoms with Crippen molar-refractivity contribution >= 4 is 0 Å². The summed E-state index contributed by atoms with van der Waals surface area (Å²) in [5.41, 5.74) is 13.3. The van der Waals surface area contributed by atoms with Gasteiger partial charge in [-0.3, -0.25) is 0 Å². The maximum atomic E-state index is 8.75. The zero-order valence-corrected chi connectivity index (χ0v) is 7.61. The second-order valence-electron chi connectivity index (χ2n) is 3.17. The minimum Gasteiger partial charge on any atom is -0.395 e. The fraction of sp³-hybridized carbons (Fsp3) is 0.400. The van der Waals surface area contributed by atoms with Crippen LogP contribution in [0.1, 0.15) is 11.1 Å². The fourth-order valence-electron chi connectivity index (χ4n) is 1.18. The minimum absolute atomic E-state index is 0.0264. The quantitative estimate of drug-likeness (QED) is 0.611. The molecule has 0 heterocycles. The van der Waals surface area contributed by atoms with Gasteiger partial charge in [0.25, 0.3) is 0 Å². The molecule has 13 heavy (non-hydrogen) atoms. The highest BCUT2D eigenvalue weighted by atomic mass is 16.3. The molecule has 0 aromatic heterocycles. The molecule has 0 spiro atoms. The Balaban J connectivity index is 2.58. The van der Waals surface area contributed by atoms with E-state index in [1.165, 1.54) is 0 Å². The molecular weight excluding hydrogens is 164 g/mol. The Morgan fingerprint density at radius 3 is 2.15 bits per heavy atom. The molecule has 0 radical (unpaired) electrons. The predicted molar refractivity (Wildman–Crippen MR) is 53.1 cm³/mol. The van der Waals surface area contributed by atoms with Crippen LogP contribution in [0.5, 0.6) is 0 Å². The van der Waals surface area contributed by atoms with Gasteiger partial charge in [-0.1, -0.05) is 24.3 Å². The maximum absolute atomic E-state index is 8.75. The lowest BCUT2D eigenvalue weighted by Crippen LogP contribution is -2.26. The summed E-state index contributed by atoms with van der Waals surface area (Å²) < 4.78 is 0. The molecule has 1 aromatic rings. The van der Waals surface area contributed by atoms with Gasteiger partial charge in [0, 0.05) is 12.6 Å². The van der Waals surface area contributed by atoms with Gasteiger partial charge < -0.3 is 16.6 Å². The Kier molecular flexibility index (Phi) is 3.89. The van der Waals surface area contributed by atoms with E-state index in [0.29, 0.717) is 13.0 Å². The normalized spacial score (nSPS) is 12.8. The second kappa shape index (κ2) is 4.97. The predicted octanol–water partition coefficient (Wildman–Crippen LogP) is 0.00740. The number of hydrogen-bond acceptors (Lipinski definition) is 3. The van der Waals surface area contributed by atoms with Gasteiger partial charge >= 0.3 is 0 Å². The Hall–Kier alpha value is -0.900. The van der Waals surface area contributed by atoms with E-state index in [-0.39, 0.29) is 12.6 Å². The summed E-state index contributed by atoms with van der Waals surface area (Å²) in [5.74, 6) is 0. The van der Waals surface area contributed by atoms with Crippen molar-refractivity contribution in [1.29, 1.82) is 0 Å². The summed E-state index contributed by atoms with van der Waals surface area (Å²) in [4.78, 5) is 0. The van der Waals surface area contributed by atoms with E-state index < -0.39 is 0 Å². The van der Waals surface area contributed by atoms with Crippen LogP contribution in [0, 0.1) is 0 Å². The molecular formula is C10H16N2O. The zero-order chi connectivity index (χ0) is 9.68. The molecule has 1 atom stereocenters. The highest BCUT2D eigenvalue weighted by molar-refractivity contribution is 5.22. The second-order valence-corrected chi connectivity index (χ2v) is 3.17. The Labute approximate surface area is 78.4 Å². The van der Waals surface area contributed by atoms with E-state index >= 15 is 0 Å². The SMILES string of the molecule is NCc1ccc(C[C@@H](N)CO)cc1. The van der Waals surface area contributed by atoms with Crippen LogP contribution < -0.4 is 11.5 Å². The topological polar surface area (TPSA) is 72.3 Å². The molecule has 1 rings (SSSR count). The molecule has 0 saturated carbocycles. The molecule has 5 N–H and O–H groups in total. The fourth-order valence-corrected chi connectivity index (χ4v) is 1.18. The highest BCUT2D eigenvalue weighted by Gasteiger charge is 2.01.